The lowest BCUT2D eigenvalue weighted by Crippen LogP contribution is -2.50. The number of hydrogen-bond acceptors (Lipinski definition) is 2. The summed E-state index contributed by atoms with van der Waals surface area (Å²) < 4.78 is 13.6. The third kappa shape index (κ3) is 5.40. The SMILES string of the molecule is CC[Si](CC)(CC)O[SiH](O[Si](CC)(CC)CC)C(C)C. The van der Waals surface area contributed by atoms with Gasteiger partial charge >= 0.3 is 9.28 Å². The molecule has 0 aromatic rings. The standard InChI is InChI=1S/C15H38O2Si3/c1-9-19(10-2,11-3)16-18(15(7)8)17-20(12-4,13-5)14-6/h15,18H,9-14H2,1-8H3. The van der Waals surface area contributed by atoms with Gasteiger partial charge in [-0.3, -0.25) is 0 Å². The van der Waals surface area contributed by atoms with E-state index in [2.05, 4.69) is 55.4 Å². The van der Waals surface area contributed by atoms with Gasteiger partial charge in [0.2, 0.25) is 0 Å². The Bertz CT molecular complexity index is 213. The first-order chi connectivity index (χ1) is 9.38. The minimum absolute atomic E-state index is 0.586. The lowest BCUT2D eigenvalue weighted by atomic mass is 10.6. The van der Waals surface area contributed by atoms with Crippen LogP contribution in [0, 0.1) is 0 Å². The van der Waals surface area contributed by atoms with Gasteiger partial charge in [0.25, 0.3) is 0 Å². The van der Waals surface area contributed by atoms with Crippen LogP contribution >= 0.6 is 0 Å². The van der Waals surface area contributed by atoms with Crippen LogP contribution in [0.1, 0.15) is 55.4 Å². The first-order valence-corrected chi connectivity index (χ1v) is 15.4. The van der Waals surface area contributed by atoms with Gasteiger partial charge in [-0.25, -0.2) is 0 Å². The Kier molecular flexibility index (Phi) is 9.83. The molecule has 0 rings (SSSR count). The maximum absolute atomic E-state index is 6.80. The molecule has 0 aromatic carbocycles. The van der Waals surface area contributed by atoms with Crippen molar-refractivity contribution in [2.45, 2.75) is 97.2 Å². The van der Waals surface area contributed by atoms with Crippen molar-refractivity contribution in [3.8, 4) is 0 Å². The van der Waals surface area contributed by atoms with Gasteiger partial charge in [-0.15, -0.1) is 0 Å². The molecule has 0 fully saturated rings. The molecule has 5 heteroatoms. The minimum atomic E-state index is -1.54. The summed E-state index contributed by atoms with van der Waals surface area (Å²) in [6, 6.07) is 7.41. The second-order valence-corrected chi connectivity index (χ2v) is 19.3. The van der Waals surface area contributed by atoms with Crippen molar-refractivity contribution in [2.24, 2.45) is 0 Å². The second-order valence-electron chi connectivity index (χ2n) is 6.34. The van der Waals surface area contributed by atoms with E-state index in [1.807, 2.05) is 0 Å². The van der Waals surface area contributed by atoms with Crippen molar-refractivity contribution in [3.63, 3.8) is 0 Å². The van der Waals surface area contributed by atoms with Gasteiger partial charge in [0.15, 0.2) is 16.6 Å². The Morgan fingerprint density at radius 2 is 0.900 bits per heavy atom. The average molecular weight is 335 g/mol. The van der Waals surface area contributed by atoms with Gasteiger partial charge in [-0.1, -0.05) is 55.4 Å². The Balaban J connectivity index is 5.07. The van der Waals surface area contributed by atoms with Crippen molar-refractivity contribution >= 4 is 25.9 Å². The highest BCUT2D eigenvalue weighted by atomic mass is 28.4. The Morgan fingerprint density at radius 1 is 0.650 bits per heavy atom. The van der Waals surface area contributed by atoms with Crippen LogP contribution in [0.4, 0.5) is 0 Å². The highest BCUT2D eigenvalue weighted by Crippen LogP contribution is 2.30. The molecule has 0 bridgehead atoms. The Hall–Kier alpha value is 0.571. The fourth-order valence-corrected chi connectivity index (χ4v) is 16.5. The zero-order valence-electron chi connectivity index (χ0n) is 15.2. The highest BCUT2D eigenvalue weighted by Gasteiger charge is 2.39. The zero-order valence-corrected chi connectivity index (χ0v) is 18.4. The van der Waals surface area contributed by atoms with Crippen molar-refractivity contribution < 1.29 is 8.23 Å². The van der Waals surface area contributed by atoms with E-state index >= 15 is 0 Å². The average Bonchev–Trinajstić information content (AvgIpc) is 2.48. The van der Waals surface area contributed by atoms with Crippen molar-refractivity contribution in [1.29, 1.82) is 0 Å². The molecule has 0 heterocycles. The summed E-state index contributed by atoms with van der Waals surface area (Å²) in [7, 11) is -4.58. The van der Waals surface area contributed by atoms with E-state index in [-0.39, 0.29) is 0 Å². The summed E-state index contributed by atoms with van der Waals surface area (Å²) in [4.78, 5) is 0. The third-order valence-electron chi connectivity index (χ3n) is 5.14. The molecule has 0 saturated carbocycles. The lowest BCUT2D eigenvalue weighted by Gasteiger charge is -2.39. The van der Waals surface area contributed by atoms with E-state index in [4.69, 9.17) is 8.23 Å². The van der Waals surface area contributed by atoms with E-state index in [1.54, 1.807) is 0 Å². The van der Waals surface area contributed by atoms with E-state index < -0.39 is 25.9 Å². The lowest BCUT2D eigenvalue weighted by molar-refractivity contribution is 0.387. The Labute approximate surface area is 131 Å². The number of rotatable bonds is 11. The molecule has 0 spiro atoms. The maximum Gasteiger partial charge on any atom is 0.303 e. The molecular formula is C15H38O2Si3. The molecule has 20 heavy (non-hydrogen) atoms. The largest absolute Gasteiger partial charge is 0.438 e. The monoisotopic (exact) mass is 334 g/mol. The van der Waals surface area contributed by atoms with Crippen molar-refractivity contribution in [2.75, 3.05) is 0 Å². The maximum atomic E-state index is 6.80. The van der Waals surface area contributed by atoms with Crippen LogP contribution < -0.4 is 0 Å². The minimum Gasteiger partial charge on any atom is -0.438 e. The van der Waals surface area contributed by atoms with E-state index in [9.17, 15) is 0 Å². The molecule has 122 valence electrons. The van der Waals surface area contributed by atoms with Gasteiger partial charge < -0.3 is 8.23 Å². The molecule has 0 unspecified atom stereocenters. The van der Waals surface area contributed by atoms with Crippen LogP contribution in [-0.2, 0) is 8.23 Å². The van der Waals surface area contributed by atoms with Crippen LogP contribution in [0.15, 0.2) is 0 Å². The van der Waals surface area contributed by atoms with Gasteiger partial charge in [-0.2, -0.15) is 0 Å². The summed E-state index contributed by atoms with van der Waals surface area (Å²) in [5.74, 6) is 0. The van der Waals surface area contributed by atoms with Crippen molar-refractivity contribution in [1.82, 2.24) is 0 Å². The van der Waals surface area contributed by atoms with E-state index in [0.717, 1.165) is 0 Å². The summed E-state index contributed by atoms with van der Waals surface area (Å²) in [6.45, 7) is 18.5. The molecule has 0 radical (unpaired) electrons. The summed E-state index contributed by atoms with van der Waals surface area (Å²) >= 11 is 0. The molecule has 2 nitrogen and oxygen atoms in total. The first-order valence-electron chi connectivity index (χ1n) is 8.73. The predicted octanol–water partition coefficient (Wildman–Crippen LogP) is 5.66. The molecule has 0 aliphatic rings. The smallest absolute Gasteiger partial charge is 0.303 e. The van der Waals surface area contributed by atoms with Crippen molar-refractivity contribution in [3.05, 3.63) is 0 Å². The molecule has 0 amide bonds. The van der Waals surface area contributed by atoms with Gasteiger partial charge in [-0.05, 0) is 41.8 Å². The molecule has 0 aliphatic heterocycles. The molecule has 0 atom stereocenters. The van der Waals surface area contributed by atoms with Gasteiger partial charge in [0, 0.05) is 0 Å². The topological polar surface area (TPSA) is 18.5 Å². The van der Waals surface area contributed by atoms with Crippen LogP contribution in [0.2, 0.25) is 41.8 Å². The summed E-state index contributed by atoms with van der Waals surface area (Å²) in [5, 5.41) is 0. The first kappa shape index (κ1) is 20.6. The fraction of sp³-hybridized carbons (Fsp3) is 1.00. The molecule has 0 N–H and O–H groups in total. The van der Waals surface area contributed by atoms with Crippen LogP contribution in [-0.4, -0.2) is 25.9 Å². The van der Waals surface area contributed by atoms with Gasteiger partial charge in [0.05, 0.1) is 0 Å². The second kappa shape index (κ2) is 9.56. The third-order valence-corrected chi connectivity index (χ3v) is 19.8. The van der Waals surface area contributed by atoms with Crippen LogP contribution in [0.5, 0.6) is 0 Å². The quantitative estimate of drug-likeness (QED) is 0.454. The number of hydrogen-bond donors (Lipinski definition) is 0. The molecule has 0 aromatic heterocycles. The van der Waals surface area contributed by atoms with Crippen LogP contribution in [0.3, 0.4) is 0 Å². The van der Waals surface area contributed by atoms with Gasteiger partial charge in [0.1, 0.15) is 0 Å². The molecular weight excluding hydrogens is 296 g/mol. The normalized spacial score (nSPS) is 13.5. The van der Waals surface area contributed by atoms with Crippen LogP contribution in [0.25, 0.3) is 0 Å². The molecule has 0 aliphatic carbocycles. The fourth-order valence-electron chi connectivity index (χ4n) is 2.79. The predicted molar refractivity (Wildman–Crippen MR) is 98.8 cm³/mol. The summed E-state index contributed by atoms with van der Waals surface area (Å²) in [5.41, 5.74) is 0.586. The van der Waals surface area contributed by atoms with E-state index in [1.165, 1.54) is 36.3 Å². The molecule has 0 saturated heterocycles. The highest BCUT2D eigenvalue weighted by molar-refractivity contribution is 6.84. The zero-order chi connectivity index (χ0) is 15.8. The van der Waals surface area contributed by atoms with E-state index in [0.29, 0.717) is 5.54 Å². The Morgan fingerprint density at radius 3 is 1.05 bits per heavy atom. The summed E-state index contributed by atoms with van der Waals surface area (Å²) in [6.07, 6.45) is 0.